The number of carbonyl (C=O) groups is 2. The van der Waals surface area contributed by atoms with Crippen LogP contribution in [0.25, 0.3) is 0 Å². The molecule has 0 bridgehead atoms. The smallest absolute Gasteiger partial charge is 0.266 e. The fraction of sp³-hybridized carbons (Fsp3) is 0.429. The number of rotatable bonds is 2. The van der Waals surface area contributed by atoms with Gasteiger partial charge in [-0.2, -0.15) is 0 Å². The Hall–Kier alpha value is -2.24. The fourth-order valence-corrected chi connectivity index (χ4v) is 2.76. The lowest BCUT2D eigenvalue weighted by atomic mass is 10.1. The number of likely N-dealkylation sites (tertiary alicyclic amines) is 1. The number of hydrogen-bond donors (Lipinski definition) is 2. The van der Waals surface area contributed by atoms with Gasteiger partial charge in [0.1, 0.15) is 11.8 Å². The van der Waals surface area contributed by atoms with Gasteiger partial charge in [0.2, 0.25) is 5.91 Å². The molecule has 2 atom stereocenters. The first kappa shape index (κ1) is 12.8. The summed E-state index contributed by atoms with van der Waals surface area (Å²) in [5.41, 5.74) is 6.22. The molecule has 2 unspecified atom stereocenters. The van der Waals surface area contributed by atoms with Crippen molar-refractivity contribution in [3.05, 3.63) is 24.3 Å². The molecule has 2 heterocycles. The molecule has 3 rings (SSSR count). The number of fused-ring (bicyclic) bond motifs is 1. The van der Waals surface area contributed by atoms with Crippen molar-refractivity contribution in [2.24, 2.45) is 5.73 Å². The summed E-state index contributed by atoms with van der Waals surface area (Å²) in [6, 6.07) is 6.98. The molecule has 6 heteroatoms. The summed E-state index contributed by atoms with van der Waals surface area (Å²) < 4.78 is 5.73. The molecule has 2 amide bonds. The highest BCUT2D eigenvalue weighted by atomic mass is 16.5. The van der Waals surface area contributed by atoms with Gasteiger partial charge in [0, 0.05) is 6.54 Å². The molecule has 0 aliphatic carbocycles. The second kappa shape index (κ2) is 5.03. The third kappa shape index (κ3) is 2.17. The quantitative estimate of drug-likeness (QED) is 0.815. The van der Waals surface area contributed by atoms with Gasteiger partial charge in [-0.15, -0.1) is 0 Å². The number of nitrogens with zero attached hydrogens (tertiary/aromatic N) is 1. The summed E-state index contributed by atoms with van der Waals surface area (Å²) in [6.45, 7) is 0.964. The van der Waals surface area contributed by atoms with E-state index in [4.69, 9.17) is 10.5 Å². The fourth-order valence-electron chi connectivity index (χ4n) is 2.76. The molecule has 2 aliphatic heterocycles. The van der Waals surface area contributed by atoms with Crippen molar-refractivity contribution in [1.82, 2.24) is 4.90 Å². The molecule has 1 aromatic carbocycles. The summed E-state index contributed by atoms with van der Waals surface area (Å²) in [7, 11) is 0. The number of para-hydroxylation sites is 2. The highest BCUT2D eigenvalue weighted by Gasteiger charge is 2.38. The Labute approximate surface area is 116 Å². The van der Waals surface area contributed by atoms with Crippen LogP contribution in [0.5, 0.6) is 5.75 Å². The number of nitrogens with one attached hydrogen (secondary N) is 1. The number of anilines is 1. The van der Waals surface area contributed by atoms with E-state index in [9.17, 15) is 9.59 Å². The first-order valence-corrected chi connectivity index (χ1v) is 6.76. The van der Waals surface area contributed by atoms with Crippen molar-refractivity contribution in [3.63, 3.8) is 0 Å². The lowest BCUT2D eigenvalue weighted by Crippen LogP contribution is -2.51. The summed E-state index contributed by atoms with van der Waals surface area (Å²) >= 11 is 0. The van der Waals surface area contributed by atoms with Crippen molar-refractivity contribution in [2.45, 2.75) is 25.0 Å². The number of nitrogens with two attached hydrogens (primary N) is 1. The average Bonchev–Trinajstić information content (AvgIpc) is 2.95. The highest BCUT2D eigenvalue weighted by Crippen LogP contribution is 2.29. The van der Waals surface area contributed by atoms with E-state index in [1.165, 1.54) is 0 Å². The number of ether oxygens (including phenoxy) is 1. The standard InChI is InChI=1S/C14H17N3O3/c15-13(18)10-5-3-7-17(10)14(19)12-8-16-9-4-1-2-6-11(9)20-12/h1-2,4,6,10,12,16H,3,5,7-8H2,(H2,15,18). The van der Waals surface area contributed by atoms with E-state index in [-0.39, 0.29) is 5.91 Å². The Balaban J connectivity index is 1.74. The lowest BCUT2D eigenvalue weighted by molar-refractivity contribution is -0.142. The normalized spacial score (nSPS) is 24.5. The van der Waals surface area contributed by atoms with Gasteiger partial charge in [0.15, 0.2) is 6.10 Å². The number of hydrogen-bond acceptors (Lipinski definition) is 4. The highest BCUT2D eigenvalue weighted by molar-refractivity contribution is 5.90. The molecule has 20 heavy (non-hydrogen) atoms. The molecule has 2 aliphatic rings. The third-order valence-corrected chi connectivity index (χ3v) is 3.77. The molecular formula is C14H17N3O3. The number of amides is 2. The van der Waals surface area contributed by atoms with Crippen LogP contribution in [0.4, 0.5) is 5.69 Å². The van der Waals surface area contributed by atoms with Gasteiger partial charge in [-0.05, 0) is 25.0 Å². The van der Waals surface area contributed by atoms with E-state index in [0.717, 1.165) is 12.1 Å². The van der Waals surface area contributed by atoms with Gasteiger partial charge in [-0.3, -0.25) is 9.59 Å². The van der Waals surface area contributed by atoms with Crippen molar-refractivity contribution >= 4 is 17.5 Å². The maximum Gasteiger partial charge on any atom is 0.266 e. The van der Waals surface area contributed by atoms with E-state index in [1.54, 1.807) is 4.90 Å². The molecule has 0 saturated carbocycles. The minimum absolute atomic E-state index is 0.173. The molecule has 3 N–H and O–H groups in total. The molecular weight excluding hydrogens is 258 g/mol. The number of primary amides is 1. The van der Waals surface area contributed by atoms with Crippen molar-refractivity contribution in [2.75, 3.05) is 18.4 Å². The molecule has 6 nitrogen and oxygen atoms in total. The first-order valence-electron chi connectivity index (χ1n) is 6.76. The van der Waals surface area contributed by atoms with Crippen molar-refractivity contribution in [1.29, 1.82) is 0 Å². The predicted octanol–water partition coefficient (Wildman–Crippen LogP) is 0.336. The predicted molar refractivity (Wildman–Crippen MR) is 73.3 cm³/mol. The van der Waals surface area contributed by atoms with Crippen LogP contribution in [-0.2, 0) is 9.59 Å². The van der Waals surface area contributed by atoms with Crippen LogP contribution in [0.1, 0.15) is 12.8 Å². The molecule has 1 aromatic rings. The summed E-state index contributed by atoms with van der Waals surface area (Å²) in [5.74, 6) is 0.0419. The monoisotopic (exact) mass is 275 g/mol. The minimum Gasteiger partial charge on any atom is -0.477 e. The minimum atomic E-state index is -0.607. The topological polar surface area (TPSA) is 84.7 Å². The van der Waals surface area contributed by atoms with Gasteiger partial charge in [0.05, 0.1) is 12.2 Å². The van der Waals surface area contributed by atoms with E-state index < -0.39 is 18.1 Å². The van der Waals surface area contributed by atoms with Gasteiger partial charge in [-0.1, -0.05) is 12.1 Å². The molecule has 0 aromatic heterocycles. The molecule has 106 valence electrons. The van der Waals surface area contributed by atoms with Gasteiger partial charge < -0.3 is 20.7 Å². The first-order chi connectivity index (χ1) is 9.66. The maximum atomic E-state index is 12.5. The second-order valence-corrected chi connectivity index (χ2v) is 5.08. The van der Waals surface area contributed by atoms with Crippen LogP contribution in [-0.4, -0.2) is 41.9 Å². The second-order valence-electron chi connectivity index (χ2n) is 5.08. The van der Waals surface area contributed by atoms with Crippen LogP contribution >= 0.6 is 0 Å². The zero-order chi connectivity index (χ0) is 14.1. The van der Waals surface area contributed by atoms with Gasteiger partial charge in [0.25, 0.3) is 5.91 Å². The number of carbonyl (C=O) groups excluding carboxylic acids is 2. The Bertz CT molecular complexity index is 546. The van der Waals surface area contributed by atoms with Crippen LogP contribution in [0, 0.1) is 0 Å². The van der Waals surface area contributed by atoms with E-state index in [0.29, 0.717) is 25.3 Å². The largest absolute Gasteiger partial charge is 0.477 e. The Kier molecular flexibility index (Phi) is 3.22. The van der Waals surface area contributed by atoms with Gasteiger partial charge in [-0.25, -0.2) is 0 Å². The van der Waals surface area contributed by atoms with E-state index >= 15 is 0 Å². The van der Waals surface area contributed by atoms with Crippen molar-refractivity contribution < 1.29 is 14.3 Å². The molecule has 1 fully saturated rings. The van der Waals surface area contributed by atoms with E-state index in [1.807, 2.05) is 24.3 Å². The van der Waals surface area contributed by atoms with Crippen LogP contribution in [0.2, 0.25) is 0 Å². The average molecular weight is 275 g/mol. The van der Waals surface area contributed by atoms with Crippen LogP contribution in [0.3, 0.4) is 0 Å². The zero-order valence-electron chi connectivity index (χ0n) is 11.0. The van der Waals surface area contributed by atoms with E-state index in [2.05, 4.69) is 5.32 Å². The summed E-state index contributed by atoms with van der Waals surface area (Å²) in [5, 5.41) is 3.17. The Morgan fingerprint density at radius 3 is 2.95 bits per heavy atom. The van der Waals surface area contributed by atoms with Gasteiger partial charge >= 0.3 is 0 Å². The lowest BCUT2D eigenvalue weighted by Gasteiger charge is -2.31. The summed E-state index contributed by atoms with van der Waals surface area (Å²) in [6.07, 6.45) is 0.832. The SMILES string of the molecule is NC(=O)C1CCCN1C(=O)C1CNc2ccccc2O1. The Morgan fingerprint density at radius 1 is 1.35 bits per heavy atom. The van der Waals surface area contributed by atoms with Crippen LogP contribution < -0.4 is 15.8 Å². The number of benzene rings is 1. The zero-order valence-corrected chi connectivity index (χ0v) is 11.0. The third-order valence-electron chi connectivity index (χ3n) is 3.77. The van der Waals surface area contributed by atoms with Crippen molar-refractivity contribution in [3.8, 4) is 5.75 Å². The molecule has 0 radical (unpaired) electrons. The molecule has 1 saturated heterocycles. The van der Waals surface area contributed by atoms with Crippen LogP contribution in [0.15, 0.2) is 24.3 Å². The molecule has 0 spiro atoms. The maximum absolute atomic E-state index is 12.5. The Morgan fingerprint density at radius 2 is 2.15 bits per heavy atom. The summed E-state index contributed by atoms with van der Waals surface area (Å²) in [4.78, 5) is 25.4.